The molecule has 0 radical (unpaired) electrons. The lowest BCUT2D eigenvalue weighted by atomic mass is 10.1. The predicted molar refractivity (Wildman–Crippen MR) is 38.1 cm³/mol. The van der Waals surface area contributed by atoms with E-state index in [4.69, 9.17) is 5.11 Å². The second-order valence-electron chi connectivity index (χ2n) is 2.30. The number of aliphatic hydroxyl groups is 1. The molecule has 0 saturated carbocycles. The molecule has 0 bridgehead atoms. The topological polar surface area (TPSA) is 20.2 Å². The van der Waals surface area contributed by atoms with Gasteiger partial charge in [0.1, 0.15) is 0 Å². The van der Waals surface area contributed by atoms with Gasteiger partial charge in [0, 0.05) is 0 Å². The minimum Gasteiger partial charge on any atom is -0.392 e. The van der Waals surface area contributed by atoms with E-state index in [-0.39, 0.29) is 6.10 Å². The Morgan fingerprint density at radius 1 is 1.00 bits per heavy atom. The van der Waals surface area contributed by atoms with Gasteiger partial charge in [-0.15, -0.1) is 0 Å². The first-order valence-electron chi connectivity index (χ1n) is 3.37. The first kappa shape index (κ1) is 6.56. The first-order valence-corrected chi connectivity index (χ1v) is 3.37. The van der Waals surface area contributed by atoms with E-state index in [0.717, 1.165) is 19.3 Å². The van der Waals surface area contributed by atoms with Crippen LogP contribution < -0.4 is 0 Å². The molecule has 0 aromatic heterocycles. The molecule has 1 N–H and O–H groups in total. The third kappa shape index (κ3) is 2.47. The minimum atomic E-state index is -0.155. The smallest absolute Gasteiger partial charge is 0.0609 e. The third-order valence-corrected chi connectivity index (χ3v) is 1.42. The van der Waals surface area contributed by atoms with Gasteiger partial charge in [0.2, 0.25) is 0 Å². The van der Waals surface area contributed by atoms with Crippen molar-refractivity contribution < 1.29 is 5.11 Å². The number of hydrogen-bond acceptors (Lipinski definition) is 1. The summed E-state index contributed by atoms with van der Waals surface area (Å²) in [5.41, 5.74) is 0. The molecule has 1 rings (SSSR count). The summed E-state index contributed by atoms with van der Waals surface area (Å²) in [5.74, 6) is 0. The maximum atomic E-state index is 9.11. The summed E-state index contributed by atoms with van der Waals surface area (Å²) >= 11 is 0. The molecule has 0 saturated heterocycles. The molecular formula is C8H12O. The van der Waals surface area contributed by atoms with E-state index in [0.29, 0.717) is 0 Å². The number of allylic oxidation sites excluding steroid dienone is 2. The molecule has 0 aliphatic heterocycles. The second kappa shape index (κ2) is 3.46. The van der Waals surface area contributed by atoms with Crippen LogP contribution in [0.5, 0.6) is 0 Å². The molecule has 9 heavy (non-hydrogen) atoms. The van der Waals surface area contributed by atoms with Crippen molar-refractivity contribution in [2.24, 2.45) is 0 Å². The monoisotopic (exact) mass is 124 g/mol. The lowest BCUT2D eigenvalue weighted by Crippen LogP contribution is -2.02. The zero-order chi connectivity index (χ0) is 6.53. The Bertz CT molecular complexity index is 111. The predicted octanol–water partition coefficient (Wildman–Crippen LogP) is 1.64. The zero-order valence-corrected chi connectivity index (χ0v) is 5.46. The van der Waals surface area contributed by atoms with Gasteiger partial charge in [0.15, 0.2) is 0 Å². The van der Waals surface area contributed by atoms with Crippen molar-refractivity contribution in [3.05, 3.63) is 24.3 Å². The highest BCUT2D eigenvalue weighted by molar-refractivity contribution is 4.97. The normalized spacial score (nSPS) is 28.6. The summed E-state index contributed by atoms with van der Waals surface area (Å²) in [6.07, 6.45) is 10.7. The fourth-order valence-electron chi connectivity index (χ4n) is 0.874. The van der Waals surface area contributed by atoms with Crippen molar-refractivity contribution in [1.82, 2.24) is 0 Å². The van der Waals surface area contributed by atoms with Gasteiger partial charge in [0.05, 0.1) is 6.10 Å². The van der Waals surface area contributed by atoms with Crippen LogP contribution in [0.1, 0.15) is 19.3 Å². The molecule has 0 fully saturated rings. The molecule has 50 valence electrons. The number of hydrogen-bond donors (Lipinski definition) is 1. The molecule has 0 aromatic carbocycles. The third-order valence-electron chi connectivity index (χ3n) is 1.42. The Labute approximate surface area is 55.7 Å². The molecule has 0 aromatic rings. The highest BCUT2D eigenvalue weighted by Gasteiger charge is 1.97. The molecule has 1 aliphatic rings. The number of rotatable bonds is 0. The quantitative estimate of drug-likeness (QED) is 0.487. The van der Waals surface area contributed by atoms with E-state index in [2.05, 4.69) is 12.2 Å². The van der Waals surface area contributed by atoms with E-state index in [1.54, 1.807) is 0 Å². The molecule has 0 heterocycles. The summed E-state index contributed by atoms with van der Waals surface area (Å²) in [7, 11) is 0. The van der Waals surface area contributed by atoms with Crippen LogP contribution in [0.4, 0.5) is 0 Å². The molecule has 1 nitrogen and oxygen atoms in total. The van der Waals surface area contributed by atoms with Crippen LogP contribution in [0.25, 0.3) is 0 Å². The summed E-state index contributed by atoms with van der Waals surface area (Å²) in [6.45, 7) is 0. The van der Waals surface area contributed by atoms with Crippen LogP contribution in [0.3, 0.4) is 0 Å². The van der Waals surface area contributed by atoms with E-state index in [1.165, 1.54) is 0 Å². The Kier molecular flexibility index (Phi) is 2.52. The summed E-state index contributed by atoms with van der Waals surface area (Å²) in [5, 5.41) is 9.11. The van der Waals surface area contributed by atoms with Crippen molar-refractivity contribution in [2.75, 3.05) is 0 Å². The average Bonchev–Trinajstić information content (AvgIpc) is 1.79. The van der Waals surface area contributed by atoms with Gasteiger partial charge in [0.25, 0.3) is 0 Å². The maximum absolute atomic E-state index is 9.11. The number of aliphatic hydroxyl groups excluding tert-OH is 1. The Morgan fingerprint density at radius 3 is 2.11 bits per heavy atom. The van der Waals surface area contributed by atoms with Gasteiger partial charge in [-0.2, -0.15) is 0 Å². The van der Waals surface area contributed by atoms with Crippen LogP contribution in [0, 0.1) is 0 Å². The van der Waals surface area contributed by atoms with Gasteiger partial charge >= 0.3 is 0 Å². The molecular weight excluding hydrogens is 112 g/mol. The van der Waals surface area contributed by atoms with Crippen LogP contribution in [-0.2, 0) is 0 Å². The Hall–Kier alpha value is -0.560. The average molecular weight is 124 g/mol. The van der Waals surface area contributed by atoms with Crippen LogP contribution >= 0.6 is 0 Å². The standard InChI is InChI=1S/C8H12O/c9-8-6-4-2-1-3-5-7-8/h2-5,8-9H,1,6-7H2/b4-2-,5-3-. The van der Waals surface area contributed by atoms with Crippen molar-refractivity contribution in [3.8, 4) is 0 Å². The van der Waals surface area contributed by atoms with E-state index in [9.17, 15) is 0 Å². The van der Waals surface area contributed by atoms with E-state index >= 15 is 0 Å². The summed E-state index contributed by atoms with van der Waals surface area (Å²) in [6, 6.07) is 0. The maximum Gasteiger partial charge on any atom is 0.0609 e. The lowest BCUT2D eigenvalue weighted by Gasteiger charge is -2.04. The van der Waals surface area contributed by atoms with Crippen LogP contribution in [-0.4, -0.2) is 11.2 Å². The van der Waals surface area contributed by atoms with Crippen LogP contribution in [0.15, 0.2) is 24.3 Å². The van der Waals surface area contributed by atoms with Gasteiger partial charge in [-0.05, 0) is 19.3 Å². The van der Waals surface area contributed by atoms with Crippen molar-refractivity contribution in [1.29, 1.82) is 0 Å². The fourth-order valence-corrected chi connectivity index (χ4v) is 0.874. The molecule has 1 heteroatoms. The van der Waals surface area contributed by atoms with Crippen molar-refractivity contribution in [3.63, 3.8) is 0 Å². The SMILES string of the molecule is OC1C/C=C\C/C=C\C1. The fraction of sp³-hybridized carbons (Fsp3) is 0.500. The highest BCUT2D eigenvalue weighted by Crippen LogP contribution is 2.04. The minimum absolute atomic E-state index is 0.155. The highest BCUT2D eigenvalue weighted by atomic mass is 16.3. The molecule has 0 amide bonds. The molecule has 1 aliphatic carbocycles. The van der Waals surface area contributed by atoms with Crippen molar-refractivity contribution >= 4 is 0 Å². The first-order chi connectivity index (χ1) is 4.39. The van der Waals surface area contributed by atoms with E-state index in [1.807, 2.05) is 12.2 Å². The lowest BCUT2D eigenvalue weighted by molar-refractivity contribution is 0.181. The summed E-state index contributed by atoms with van der Waals surface area (Å²) < 4.78 is 0. The molecule has 0 atom stereocenters. The molecule has 0 spiro atoms. The van der Waals surface area contributed by atoms with Crippen LogP contribution in [0.2, 0.25) is 0 Å². The largest absolute Gasteiger partial charge is 0.392 e. The second-order valence-corrected chi connectivity index (χ2v) is 2.30. The Morgan fingerprint density at radius 2 is 1.56 bits per heavy atom. The molecule has 0 unspecified atom stereocenters. The van der Waals surface area contributed by atoms with Gasteiger partial charge < -0.3 is 5.11 Å². The zero-order valence-electron chi connectivity index (χ0n) is 5.46. The van der Waals surface area contributed by atoms with E-state index < -0.39 is 0 Å². The van der Waals surface area contributed by atoms with Gasteiger partial charge in [-0.3, -0.25) is 0 Å². The van der Waals surface area contributed by atoms with Crippen molar-refractivity contribution in [2.45, 2.75) is 25.4 Å². The summed E-state index contributed by atoms with van der Waals surface area (Å²) in [4.78, 5) is 0. The van der Waals surface area contributed by atoms with Gasteiger partial charge in [-0.25, -0.2) is 0 Å². The Balaban J connectivity index is 2.40. The van der Waals surface area contributed by atoms with Gasteiger partial charge in [-0.1, -0.05) is 24.3 Å².